The standard InChI is InChI=1S/C17H20N4O2/c22-15-6-2-5-14-13-7-11(9-21(14)15)8-20(10-13)17-19-18-16(23-17)12-3-1-4-12/h2,5-6,11-13H,1,3-4,7-10H2. The SMILES string of the molecule is O=c1cccc2n1CC1CC2CN(c2nnc(C3CCC3)o2)C1. The Balaban J connectivity index is 1.43. The van der Waals surface area contributed by atoms with Crippen LogP contribution in [0.2, 0.25) is 0 Å². The van der Waals surface area contributed by atoms with Crippen LogP contribution >= 0.6 is 0 Å². The highest BCUT2D eigenvalue weighted by Crippen LogP contribution is 2.39. The molecule has 2 bridgehead atoms. The number of aromatic nitrogens is 3. The van der Waals surface area contributed by atoms with E-state index in [1.807, 2.05) is 10.6 Å². The smallest absolute Gasteiger partial charge is 0.318 e. The average Bonchev–Trinajstić information content (AvgIpc) is 2.96. The Morgan fingerprint density at radius 3 is 2.83 bits per heavy atom. The number of rotatable bonds is 2. The number of pyridine rings is 1. The summed E-state index contributed by atoms with van der Waals surface area (Å²) in [5, 5.41) is 8.54. The first-order valence-electron chi connectivity index (χ1n) is 8.56. The van der Waals surface area contributed by atoms with Crippen molar-refractivity contribution in [1.82, 2.24) is 14.8 Å². The van der Waals surface area contributed by atoms with Gasteiger partial charge >= 0.3 is 6.01 Å². The van der Waals surface area contributed by atoms with Gasteiger partial charge in [-0.05, 0) is 31.2 Å². The molecule has 1 aliphatic carbocycles. The summed E-state index contributed by atoms with van der Waals surface area (Å²) in [6, 6.07) is 6.27. The minimum absolute atomic E-state index is 0.121. The Morgan fingerprint density at radius 2 is 2.00 bits per heavy atom. The van der Waals surface area contributed by atoms with Gasteiger partial charge in [-0.25, -0.2) is 0 Å². The number of nitrogens with zero attached hydrogens (tertiary/aromatic N) is 4. The molecule has 2 atom stereocenters. The second-order valence-electron chi connectivity index (χ2n) is 7.15. The lowest BCUT2D eigenvalue weighted by Gasteiger charge is -2.42. The summed E-state index contributed by atoms with van der Waals surface area (Å²) in [7, 11) is 0. The van der Waals surface area contributed by atoms with Crippen LogP contribution < -0.4 is 10.5 Å². The summed E-state index contributed by atoms with van der Waals surface area (Å²) >= 11 is 0. The molecule has 0 N–H and O–H groups in total. The fourth-order valence-corrected chi connectivity index (χ4v) is 4.23. The topological polar surface area (TPSA) is 64.2 Å². The molecule has 1 saturated carbocycles. The Bertz CT molecular complexity index is 792. The molecule has 0 aromatic carbocycles. The van der Waals surface area contributed by atoms with Crippen LogP contribution in [-0.4, -0.2) is 27.9 Å². The molecule has 2 unspecified atom stereocenters. The molecular formula is C17H20N4O2. The predicted octanol–water partition coefficient (Wildman–Crippen LogP) is 2.12. The molecule has 2 aromatic heterocycles. The van der Waals surface area contributed by atoms with E-state index in [4.69, 9.17) is 4.42 Å². The highest BCUT2D eigenvalue weighted by atomic mass is 16.4. The van der Waals surface area contributed by atoms with Crippen LogP contribution in [-0.2, 0) is 6.54 Å². The zero-order chi connectivity index (χ0) is 15.4. The summed E-state index contributed by atoms with van der Waals surface area (Å²) < 4.78 is 7.89. The van der Waals surface area contributed by atoms with Gasteiger partial charge in [-0.1, -0.05) is 17.6 Å². The lowest BCUT2D eigenvalue weighted by molar-refractivity contribution is 0.269. The van der Waals surface area contributed by atoms with Crippen LogP contribution in [0.1, 0.15) is 49.1 Å². The monoisotopic (exact) mass is 312 g/mol. The van der Waals surface area contributed by atoms with Crippen LogP contribution in [0.25, 0.3) is 0 Å². The lowest BCUT2D eigenvalue weighted by Crippen LogP contribution is -2.47. The molecule has 2 fully saturated rings. The normalized spacial score (nSPS) is 26.7. The minimum Gasteiger partial charge on any atom is -0.408 e. The summed E-state index contributed by atoms with van der Waals surface area (Å²) in [5.74, 6) is 2.12. The van der Waals surface area contributed by atoms with Gasteiger partial charge in [0.25, 0.3) is 5.56 Å². The summed E-state index contributed by atoms with van der Waals surface area (Å²) in [5.41, 5.74) is 1.27. The summed E-state index contributed by atoms with van der Waals surface area (Å²) in [6.45, 7) is 2.54. The van der Waals surface area contributed by atoms with Crippen LogP contribution in [0.15, 0.2) is 27.4 Å². The van der Waals surface area contributed by atoms with E-state index in [2.05, 4.69) is 21.2 Å². The molecule has 2 aromatic rings. The van der Waals surface area contributed by atoms with E-state index in [1.165, 1.54) is 19.3 Å². The van der Waals surface area contributed by atoms with Gasteiger partial charge in [0, 0.05) is 43.2 Å². The molecule has 120 valence electrons. The van der Waals surface area contributed by atoms with Gasteiger partial charge in [0.1, 0.15) is 0 Å². The number of hydrogen-bond acceptors (Lipinski definition) is 5. The number of piperidine rings is 1. The van der Waals surface area contributed by atoms with E-state index >= 15 is 0 Å². The molecular weight excluding hydrogens is 292 g/mol. The van der Waals surface area contributed by atoms with Crippen LogP contribution in [0.4, 0.5) is 6.01 Å². The maximum Gasteiger partial charge on any atom is 0.318 e. The molecule has 2 aliphatic heterocycles. The van der Waals surface area contributed by atoms with Crippen molar-refractivity contribution in [3.8, 4) is 0 Å². The van der Waals surface area contributed by atoms with Crippen LogP contribution in [0.3, 0.4) is 0 Å². The molecule has 0 amide bonds. The largest absolute Gasteiger partial charge is 0.408 e. The second kappa shape index (κ2) is 4.94. The first-order valence-corrected chi connectivity index (χ1v) is 8.56. The molecule has 23 heavy (non-hydrogen) atoms. The van der Waals surface area contributed by atoms with E-state index < -0.39 is 0 Å². The van der Waals surface area contributed by atoms with Crippen molar-refractivity contribution >= 4 is 6.01 Å². The van der Waals surface area contributed by atoms with Crippen molar-refractivity contribution in [2.45, 2.75) is 44.1 Å². The number of hydrogen-bond donors (Lipinski definition) is 0. The molecule has 5 rings (SSSR count). The molecule has 6 heteroatoms. The maximum atomic E-state index is 12.1. The van der Waals surface area contributed by atoms with E-state index in [0.717, 1.165) is 37.6 Å². The average molecular weight is 312 g/mol. The third-order valence-corrected chi connectivity index (χ3v) is 5.63. The predicted molar refractivity (Wildman–Crippen MR) is 84.7 cm³/mol. The summed E-state index contributed by atoms with van der Waals surface area (Å²) in [6.07, 6.45) is 4.75. The van der Waals surface area contributed by atoms with Gasteiger partial charge in [0.15, 0.2) is 0 Å². The highest BCUT2D eigenvalue weighted by molar-refractivity contribution is 5.31. The maximum absolute atomic E-state index is 12.1. The molecule has 1 saturated heterocycles. The number of fused-ring (bicyclic) bond motifs is 4. The Kier molecular flexibility index (Phi) is 2.87. The Morgan fingerprint density at radius 1 is 1.09 bits per heavy atom. The van der Waals surface area contributed by atoms with Gasteiger partial charge in [-0.15, -0.1) is 5.10 Å². The van der Waals surface area contributed by atoms with E-state index in [0.29, 0.717) is 23.8 Å². The third-order valence-electron chi connectivity index (χ3n) is 5.63. The molecule has 0 radical (unpaired) electrons. The Hall–Kier alpha value is -2.11. The quantitative estimate of drug-likeness (QED) is 0.850. The van der Waals surface area contributed by atoms with Gasteiger partial charge in [-0.3, -0.25) is 4.79 Å². The van der Waals surface area contributed by atoms with Crippen molar-refractivity contribution in [2.75, 3.05) is 18.0 Å². The fraction of sp³-hybridized carbons (Fsp3) is 0.588. The van der Waals surface area contributed by atoms with Crippen molar-refractivity contribution in [1.29, 1.82) is 0 Å². The first-order chi connectivity index (χ1) is 11.3. The highest BCUT2D eigenvalue weighted by Gasteiger charge is 2.36. The minimum atomic E-state index is 0.121. The third kappa shape index (κ3) is 2.11. The van der Waals surface area contributed by atoms with Gasteiger partial charge in [0.2, 0.25) is 5.89 Å². The van der Waals surface area contributed by atoms with Crippen molar-refractivity contribution in [3.63, 3.8) is 0 Å². The fourth-order valence-electron chi connectivity index (χ4n) is 4.23. The van der Waals surface area contributed by atoms with Crippen molar-refractivity contribution in [2.24, 2.45) is 5.92 Å². The van der Waals surface area contributed by atoms with E-state index in [9.17, 15) is 4.79 Å². The van der Waals surface area contributed by atoms with Gasteiger partial charge < -0.3 is 13.9 Å². The molecule has 6 nitrogen and oxygen atoms in total. The van der Waals surface area contributed by atoms with Crippen molar-refractivity contribution < 1.29 is 4.42 Å². The molecule has 3 aliphatic rings. The second-order valence-corrected chi connectivity index (χ2v) is 7.15. The first kappa shape index (κ1) is 13.3. The van der Waals surface area contributed by atoms with E-state index in [1.54, 1.807) is 6.07 Å². The lowest BCUT2D eigenvalue weighted by atomic mass is 9.83. The zero-order valence-corrected chi connectivity index (χ0v) is 13.0. The van der Waals surface area contributed by atoms with E-state index in [-0.39, 0.29) is 5.56 Å². The molecule has 0 spiro atoms. The van der Waals surface area contributed by atoms with Gasteiger partial charge in [-0.2, -0.15) is 0 Å². The van der Waals surface area contributed by atoms with Crippen LogP contribution in [0.5, 0.6) is 0 Å². The molecule has 4 heterocycles. The Labute approximate surface area is 134 Å². The number of anilines is 1. The zero-order valence-electron chi connectivity index (χ0n) is 13.0. The summed E-state index contributed by atoms with van der Waals surface area (Å²) in [4.78, 5) is 14.3. The van der Waals surface area contributed by atoms with Crippen LogP contribution in [0, 0.1) is 5.92 Å². The van der Waals surface area contributed by atoms with Gasteiger partial charge in [0.05, 0.1) is 0 Å². The van der Waals surface area contributed by atoms with Crippen molar-refractivity contribution in [3.05, 3.63) is 40.1 Å².